The molecule has 3 rings (SSSR count). The molecule has 1 N–H and O–H groups in total. The Labute approximate surface area is 160 Å². The molecular formula is C20H29N5O2. The number of benzene rings is 1. The van der Waals surface area contributed by atoms with Gasteiger partial charge in [-0.3, -0.25) is 4.90 Å². The van der Waals surface area contributed by atoms with Crippen molar-refractivity contribution in [3.8, 4) is 5.69 Å². The van der Waals surface area contributed by atoms with Crippen molar-refractivity contribution in [2.24, 2.45) is 0 Å². The van der Waals surface area contributed by atoms with Crippen molar-refractivity contribution in [2.45, 2.75) is 25.9 Å². The van der Waals surface area contributed by atoms with E-state index in [0.29, 0.717) is 13.1 Å². The van der Waals surface area contributed by atoms with Crippen LogP contribution in [0.15, 0.2) is 42.7 Å². The summed E-state index contributed by atoms with van der Waals surface area (Å²) in [6.07, 6.45) is 3.76. The van der Waals surface area contributed by atoms with Crippen molar-refractivity contribution in [3.05, 3.63) is 48.3 Å². The summed E-state index contributed by atoms with van der Waals surface area (Å²) in [5.41, 5.74) is 1.89. The van der Waals surface area contributed by atoms with Gasteiger partial charge in [0, 0.05) is 44.0 Å². The number of hydrogen-bond donors (Lipinski definition) is 1. The van der Waals surface area contributed by atoms with E-state index in [2.05, 4.69) is 29.2 Å². The van der Waals surface area contributed by atoms with E-state index in [9.17, 15) is 4.79 Å². The molecule has 1 aromatic carbocycles. The van der Waals surface area contributed by atoms with Gasteiger partial charge in [-0.1, -0.05) is 18.2 Å². The van der Waals surface area contributed by atoms with E-state index < -0.39 is 0 Å². The standard InChI is InChI=1S/C20H29N5O2/c1-20(2,24-9-11-27-12-10-24)16-21-19(26)23(3)14-17-13-22-25(15-17)18-7-5-4-6-8-18/h4-8,13,15H,9-12,14,16H2,1-3H3,(H,21,26). The molecule has 2 heterocycles. The average molecular weight is 371 g/mol. The minimum Gasteiger partial charge on any atom is -0.379 e. The zero-order valence-corrected chi connectivity index (χ0v) is 16.4. The monoisotopic (exact) mass is 371 g/mol. The molecule has 1 aliphatic heterocycles. The lowest BCUT2D eigenvalue weighted by atomic mass is 10.0. The molecule has 1 saturated heterocycles. The molecule has 1 fully saturated rings. The van der Waals surface area contributed by atoms with Crippen LogP contribution in [-0.2, 0) is 11.3 Å². The Balaban J connectivity index is 1.51. The number of nitrogens with one attached hydrogen (secondary N) is 1. The fraction of sp³-hybridized carbons (Fsp3) is 0.500. The van der Waals surface area contributed by atoms with Crippen LogP contribution in [-0.4, -0.2) is 71.0 Å². The van der Waals surface area contributed by atoms with E-state index in [0.717, 1.165) is 37.6 Å². The number of aromatic nitrogens is 2. The molecule has 2 amide bonds. The predicted octanol–water partition coefficient (Wildman–Crippen LogP) is 2.12. The van der Waals surface area contributed by atoms with Crippen LogP contribution in [0.1, 0.15) is 19.4 Å². The maximum absolute atomic E-state index is 12.5. The smallest absolute Gasteiger partial charge is 0.317 e. The van der Waals surface area contributed by atoms with Gasteiger partial charge in [0.15, 0.2) is 0 Å². The highest BCUT2D eigenvalue weighted by molar-refractivity contribution is 5.73. The summed E-state index contributed by atoms with van der Waals surface area (Å²) in [5, 5.41) is 7.44. The highest BCUT2D eigenvalue weighted by Crippen LogP contribution is 2.15. The van der Waals surface area contributed by atoms with Crippen LogP contribution in [0.2, 0.25) is 0 Å². The molecule has 0 bridgehead atoms. The van der Waals surface area contributed by atoms with Crippen LogP contribution < -0.4 is 5.32 Å². The zero-order chi connectivity index (χ0) is 19.3. The lowest BCUT2D eigenvalue weighted by Gasteiger charge is -2.41. The molecule has 0 atom stereocenters. The Bertz CT molecular complexity index is 738. The molecule has 146 valence electrons. The minimum atomic E-state index is -0.0987. The summed E-state index contributed by atoms with van der Waals surface area (Å²) < 4.78 is 7.24. The van der Waals surface area contributed by atoms with Crippen molar-refractivity contribution in [3.63, 3.8) is 0 Å². The molecule has 0 saturated carbocycles. The van der Waals surface area contributed by atoms with Crippen molar-refractivity contribution in [2.75, 3.05) is 39.9 Å². The van der Waals surface area contributed by atoms with Crippen molar-refractivity contribution >= 4 is 6.03 Å². The maximum atomic E-state index is 12.5. The second-order valence-corrected chi connectivity index (χ2v) is 7.56. The van der Waals surface area contributed by atoms with Gasteiger partial charge in [0.2, 0.25) is 0 Å². The van der Waals surface area contributed by atoms with E-state index in [1.807, 2.05) is 41.2 Å². The number of rotatable bonds is 6. The second-order valence-electron chi connectivity index (χ2n) is 7.56. The molecule has 1 aromatic heterocycles. The van der Waals surface area contributed by atoms with Crippen molar-refractivity contribution in [1.82, 2.24) is 24.9 Å². The van der Waals surface area contributed by atoms with Gasteiger partial charge in [-0.05, 0) is 26.0 Å². The molecule has 1 aliphatic rings. The van der Waals surface area contributed by atoms with Crippen molar-refractivity contribution in [1.29, 1.82) is 0 Å². The van der Waals surface area contributed by atoms with E-state index in [1.54, 1.807) is 18.1 Å². The van der Waals surface area contributed by atoms with Gasteiger partial charge in [-0.2, -0.15) is 5.10 Å². The van der Waals surface area contributed by atoms with Crippen LogP contribution in [0.25, 0.3) is 5.69 Å². The Hall–Kier alpha value is -2.38. The summed E-state index contributed by atoms with van der Waals surface area (Å²) in [4.78, 5) is 16.5. The largest absolute Gasteiger partial charge is 0.379 e. The molecule has 0 aliphatic carbocycles. The molecule has 7 heteroatoms. The highest BCUT2D eigenvalue weighted by Gasteiger charge is 2.29. The zero-order valence-electron chi connectivity index (χ0n) is 16.4. The van der Waals surface area contributed by atoms with Crippen LogP contribution in [0, 0.1) is 0 Å². The summed E-state index contributed by atoms with van der Waals surface area (Å²) in [6.45, 7) is 8.72. The first-order valence-electron chi connectivity index (χ1n) is 9.36. The predicted molar refractivity (Wildman–Crippen MR) is 105 cm³/mol. The molecule has 7 nitrogen and oxygen atoms in total. The van der Waals surface area contributed by atoms with Crippen LogP contribution in [0.3, 0.4) is 0 Å². The van der Waals surface area contributed by atoms with Gasteiger partial charge in [-0.25, -0.2) is 9.48 Å². The Morgan fingerprint density at radius 2 is 1.96 bits per heavy atom. The second kappa shape index (κ2) is 8.54. The topological polar surface area (TPSA) is 62.6 Å². The maximum Gasteiger partial charge on any atom is 0.317 e. The van der Waals surface area contributed by atoms with E-state index in [1.165, 1.54) is 0 Å². The lowest BCUT2D eigenvalue weighted by Crippen LogP contribution is -2.56. The number of amides is 2. The van der Waals surface area contributed by atoms with Gasteiger partial charge < -0.3 is 15.0 Å². The molecule has 2 aromatic rings. The summed E-state index contributed by atoms with van der Waals surface area (Å²) in [6, 6.07) is 9.86. The normalized spacial score (nSPS) is 15.5. The summed E-state index contributed by atoms with van der Waals surface area (Å²) in [7, 11) is 1.80. The fourth-order valence-electron chi connectivity index (χ4n) is 3.22. The van der Waals surface area contributed by atoms with Crippen LogP contribution in [0.4, 0.5) is 4.79 Å². The quantitative estimate of drug-likeness (QED) is 0.845. The number of ether oxygens (including phenoxy) is 1. The molecular weight excluding hydrogens is 342 g/mol. The SMILES string of the molecule is CN(Cc1cnn(-c2ccccc2)c1)C(=O)NCC(C)(C)N1CCOCC1. The fourth-order valence-corrected chi connectivity index (χ4v) is 3.22. The van der Waals surface area contributed by atoms with Gasteiger partial charge >= 0.3 is 6.03 Å². The molecule has 0 radical (unpaired) electrons. The number of carbonyl (C=O) groups is 1. The third kappa shape index (κ3) is 5.08. The first-order valence-corrected chi connectivity index (χ1v) is 9.36. The van der Waals surface area contributed by atoms with E-state index in [4.69, 9.17) is 4.74 Å². The number of para-hydroxylation sites is 1. The lowest BCUT2D eigenvalue weighted by molar-refractivity contribution is -0.00900. The van der Waals surface area contributed by atoms with Gasteiger partial charge in [0.1, 0.15) is 0 Å². The Kier molecular flexibility index (Phi) is 6.13. The van der Waals surface area contributed by atoms with E-state index >= 15 is 0 Å². The first-order chi connectivity index (χ1) is 13.0. The average Bonchev–Trinajstić information content (AvgIpc) is 3.16. The Morgan fingerprint density at radius 3 is 2.67 bits per heavy atom. The number of nitrogens with zero attached hydrogens (tertiary/aromatic N) is 4. The summed E-state index contributed by atoms with van der Waals surface area (Å²) in [5.74, 6) is 0. The van der Waals surface area contributed by atoms with Crippen LogP contribution >= 0.6 is 0 Å². The molecule has 0 spiro atoms. The van der Waals surface area contributed by atoms with Crippen LogP contribution in [0.5, 0.6) is 0 Å². The number of morpholine rings is 1. The Morgan fingerprint density at radius 1 is 1.26 bits per heavy atom. The van der Waals surface area contributed by atoms with Crippen molar-refractivity contribution < 1.29 is 9.53 Å². The van der Waals surface area contributed by atoms with Gasteiger partial charge in [0.25, 0.3) is 0 Å². The number of carbonyl (C=O) groups excluding carboxylic acids is 1. The van der Waals surface area contributed by atoms with Gasteiger partial charge in [0.05, 0.1) is 31.6 Å². The third-order valence-electron chi connectivity index (χ3n) is 4.96. The summed E-state index contributed by atoms with van der Waals surface area (Å²) >= 11 is 0. The third-order valence-corrected chi connectivity index (χ3v) is 4.96. The van der Waals surface area contributed by atoms with E-state index in [-0.39, 0.29) is 11.6 Å². The molecule has 27 heavy (non-hydrogen) atoms. The minimum absolute atomic E-state index is 0.0798. The number of hydrogen-bond acceptors (Lipinski definition) is 4. The van der Waals surface area contributed by atoms with Gasteiger partial charge in [-0.15, -0.1) is 0 Å². The first kappa shape index (κ1) is 19.4. The molecule has 0 unspecified atom stereocenters. The highest BCUT2D eigenvalue weighted by atomic mass is 16.5. The number of urea groups is 1.